The molecule has 0 aromatic carbocycles. The number of aromatic nitrogens is 4. The molecule has 3 rings (SSSR count). The molecule has 1 N–H and O–H groups in total. The molecule has 6 heteroatoms. The van der Waals surface area contributed by atoms with Crippen LogP contribution in [0.25, 0.3) is 11.4 Å². The van der Waals surface area contributed by atoms with E-state index < -0.39 is 0 Å². The van der Waals surface area contributed by atoms with E-state index in [0.717, 1.165) is 19.5 Å². The predicted octanol–water partition coefficient (Wildman–Crippen LogP) is 1.08. The van der Waals surface area contributed by atoms with Crippen molar-refractivity contribution in [1.29, 1.82) is 0 Å². The second kappa shape index (κ2) is 4.79. The molecule has 19 heavy (non-hydrogen) atoms. The summed E-state index contributed by atoms with van der Waals surface area (Å²) in [4.78, 5) is 25.2. The summed E-state index contributed by atoms with van der Waals surface area (Å²) < 4.78 is 1.72. The number of nitrogens with zero attached hydrogens (tertiary/aromatic N) is 4. The molecule has 1 aliphatic heterocycles. The molecular formula is C13H15N5O. The van der Waals surface area contributed by atoms with Crippen molar-refractivity contribution in [3.05, 3.63) is 34.5 Å². The van der Waals surface area contributed by atoms with Crippen LogP contribution >= 0.6 is 0 Å². The molecule has 2 aromatic heterocycles. The van der Waals surface area contributed by atoms with E-state index >= 15 is 0 Å². The van der Waals surface area contributed by atoms with Gasteiger partial charge in [0.1, 0.15) is 12.0 Å². The molecule has 98 valence electrons. The molecule has 0 atom stereocenters. The van der Waals surface area contributed by atoms with Gasteiger partial charge in [-0.2, -0.15) is 0 Å². The number of rotatable bonds is 2. The topological polar surface area (TPSA) is 72.7 Å². The maximum Gasteiger partial charge on any atom is 0.258 e. The lowest BCUT2D eigenvalue weighted by molar-refractivity contribution is 0.591. The summed E-state index contributed by atoms with van der Waals surface area (Å²) in [6.07, 6.45) is 4.73. The van der Waals surface area contributed by atoms with Crippen molar-refractivity contribution in [2.24, 2.45) is 0 Å². The van der Waals surface area contributed by atoms with Crippen LogP contribution in [0.4, 0.5) is 5.95 Å². The van der Waals surface area contributed by atoms with E-state index in [1.807, 2.05) is 6.92 Å². The minimum absolute atomic E-state index is 0.0355. The fraction of sp³-hybridized carbons (Fsp3) is 0.385. The molecule has 2 aromatic rings. The fourth-order valence-electron chi connectivity index (χ4n) is 2.34. The van der Waals surface area contributed by atoms with Crippen molar-refractivity contribution in [2.75, 3.05) is 11.9 Å². The summed E-state index contributed by atoms with van der Waals surface area (Å²) in [6.45, 7) is 3.54. The van der Waals surface area contributed by atoms with Crippen LogP contribution in [0, 0.1) is 0 Å². The second-order valence-corrected chi connectivity index (χ2v) is 4.45. The van der Waals surface area contributed by atoms with Gasteiger partial charge in [0, 0.05) is 24.8 Å². The summed E-state index contributed by atoms with van der Waals surface area (Å²) in [5, 5.41) is 3.17. The Morgan fingerprint density at radius 1 is 1.47 bits per heavy atom. The largest absolute Gasteiger partial charge is 0.355 e. The van der Waals surface area contributed by atoms with Crippen molar-refractivity contribution in [1.82, 2.24) is 19.5 Å². The van der Waals surface area contributed by atoms with Gasteiger partial charge in [-0.3, -0.25) is 9.36 Å². The normalized spacial score (nSPS) is 13.7. The summed E-state index contributed by atoms with van der Waals surface area (Å²) in [7, 11) is 0. The Hall–Kier alpha value is -2.24. The maximum absolute atomic E-state index is 12.5. The van der Waals surface area contributed by atoms with Crippen LogP contribution in [0.15, 0.2) is 23.4 Å². The Bertz CT molecular complexity index is 650. The van der Waals surface area contributed by atoms with Crippen molar-refractivity contribution in [2.45, 2.75) is 26.3 Å². The van der Waals surface area contributed by atoms with Gasteiger partial charge in [0.15, 0.2) is 0 Å². The van der Waals surface area contributed by atoms with Crippen LogP contribution in [0.2, 0.25) is 0 Å². The summed E-state index contributed by atoms with van der Waals surface area (Å²) in [5.41, 5.74) is 2.11. The lowest BCUT2D eigenvalue weighted by Crippen LogP contribution is -2.32. The summed E-state index contributed by atoms with van der Waals surface area (Å²) in [5.74, 6) is 0.641. The van der Waals surface area contributed by atoms with E-state index in [0.29, 0.717) is 29.3 Å². The molecule has 3 heterocycles. The third-order valence-electron chi connectivity index (χ3n) is 3.28. The van der Waals surface area contributed by atoms with Crippen molar-refractivity contribution in [3.63, 3.8) is 0 Å². The Balaban J connectivity index is 2.25. The maximum atomic E-state index is 12.5. The van der Waals surface area contributed by atoms with Crippen LogP contribution in [0.1, 0.15) is 18.9 Å². The Labute approximate surface area is 110 Å². The zero-order chi connectivity index (χ0) is 13.2. The van der Waals surface area contributed by atoms with Crippen LogP contribution in [-0.4, -0.2) is 26.1 Å². The molecular weight excluding hydrogens is 242 g/mol. The average molecular weight is 257 g/mol. The van der Waals surface area contributed by atoms with E-state index in [9.17, 15) is 4.79 Å². The van der Waals surface area contributed by atoms with Crippen LogP contribution < -0.4 is 10.9 Å². The van der Waals surface area contributed by atoms with Crippen molar-refractivity contribution >= 4 is 5.95 Å². The highest BCUT2D eigenvalue weighted by Crippen LogP contribution is 2.20. The van der Waals surface area contributed by atoms with Gasteiger partial charge in [0.25, 0.3) is 5.56 Å². The molecule has 0 saturated heterocycles. The Kier molecular flexibility index (Phi) is 2.98. The lowest BCUT2D eigenvalue weighted by Gasteiger charge is -2.21. The first-order valence-corrected chi connectivity index (χ1v) is 6.45. The average Bonchev–Trinajstić information content (AvgIpc) is 2.48. The van der Waals surface area contributed by atoms with Gasteiger partial charge in [-0.05, 0) is 18.9 Å². The molecule has 6 nitrogen and oxygen atoms in total. The molecule has 0 spiro atoms. The molecule has 0 saturated carbocycles. The zero-order valence-electron chi connectivity index (χ0n) is 10.8. The highest BCUT2D eigenvalue weighted by Gasteiger charge is 2.19. The van der Waals surface area contributed by atoms with Gasteiger partial charge in [0.05, 0.1) is 5.69 Å². The molecule has 0 amide bonds. The SMILES string of the molecule is CCc1c(-c2ccncn2)nc2n(c1=O)CCCN2. The van der Waals surface area contributed by atoms with Crippen LogP contribution in [0.3, 0.4) is 0 Å². The minimum Gasteiger partial charge on any atom is -0.355 e. The number of anilines is 1. The van der Waals surface area contributed by atoms with E-state index in [2.05, 4.69) is 20.3 Å². The second-order valence-electron chi connectivity index (χ2n) is 4.45. The molecule has 0 unspecified atom stereocenters. The monoisotopic (exact) mass is 257 g/mol. The Morgan fingerprint density at radius 2 is 2.37 bits per heavy atom. The van der Waals surface area contributed by atoms with E-state index in [1.54, 1.807) is 16.8 Å². The first kappa shape index (κ1) is 11.8. The van der Waals surface area contributed by atoms with Gasteiger partial charge in [-0.25, -0.2) is 15.0 Å². The van der Waals surface area contributed by atoms with Crippen LogP contribution in [-0.2, 0) is 13.0 Å². The van der Waals surface area contributed by atoms with Gasteiger partial charge in [-0.15, -0.1) is 0 Å². The van der Waals surface area contributed by atoms with E-state index in [4.69, 9.17) is 0 Å². The standard InChI is InChI=1S/C13H15N5O/c1-2-9-11(10-4-6-14-8-16-10)17-13-15-5-3-7-18(13)12(9)19/h4,6,8H,2-3,5,7H2,1H3,(H,15,17). The first-order chi connectivity index (χ1) is 9.31. The van der Waals surface area contributed by atoms with Crippen molar-refractivity contribution in [3.8, 4) is 11.4 Å². The number of nitrogens with one attached hydrogen (secondary N) is 1. The highest BCUT2D eigenvalue weighted by molar-refractivity contribution is 5.59. The molecule has 1 aliphatic rings. The van der Waals surface area contributed by atoms with Gasteiger partial charge in [0.2, 0.25) is 5.95 Å². The Morgan fingerprint density at radius 3 is 3.11 bits per heavy atom. The third kappa shape index (κ3) is 1.99. The van der Waals surface area contributed by atoms with Crippen molar-refractivity contribution < 1.29 is 0 Å². The first-order valence-electron chi connectivity index (χ1n) is 6.45. The summed E-state index contributed by atoms with van der Waals surface area (Å²) >= 11 is 0. The molecule has 0 radical (unpaired) electrons. The van der Waals surface area contributed by atoms with E-state index in [-0.39, 0.29) is 5.56 Å². The smallest absolute Gasteiger partial charge is 0.258 e. The lowest BCUT2D eigenvalue weighted by atomic mass is 10.1. The third-order valence-corrected chi connectivity index (χ3v) is 3.28. The van der Waals surface area contributed by atoms with Gasteiger partial charge >= 0.3 is 0 Å². The fourth-order valence-corrected chi connectivity index (χ4v) is 2.34. The predicted molar refractivity (Wildman–Crippen MR) is 72.0 cm³/mol. The number of hydrogen-bond acceptors (Lipinski definition) is 5. The van der Waals surface area contributed by atoms with Crippen LogP contribution in [0.5, 0.6) is 0 Å². The van der Waals surface area contributed by atoms with E-state index in [1.165, 1.54) is 6.33 Å². The number of hydrogen-bond donors (Lipinski definition) is 1. The molecule has 0 fully saturated rings. The minimum atomic E-state index is 0.0355. The van der Waals surface area contributed by atoms with Gasteiger partial charge < -0.3 is 5.32 Å². The quantitative estimate of drug-likeness (QED) is 0.871. The molecule has 0 bridgehead atoms. The zero-order valence-corrected chi connectivity index (χ0v) is 10.8. The van der Waals surface area contributed by atoms with Gasteiger partial charge in [-0.1, -0.05) is 6.92 Å². The highest BCUT2D eigenvalue weighted by atomic mass is 16.1. The molecule has 0 aliphatic carbocycles. The summed E-state index contributed by atoms with van der Waals surface area (Å²) in [6, 6.07) is 1.78. The number of fused-ring (bicyclic) bond motifs is 1.